The number of nitriles is 1. The van der Waals surface area contributed by atoms with Gasteiger partial charge in [0.1, 0.15) is 18.2 Å². The lowest BCUT2D eigenvalue weighted by Crippen LogP contribution is -2.06. The zero-order valence-electron chi connectivity index (χ0n) is 14.0. The van der Waals surface area contributed by atoms with E-state index in [-0.39, 0.29) is 17.2 Å². The van der Waals surface area contributed by atoms with Crippen molar-refractivity contribution in [2.24, 2.45) is 0 Å². The van der Waals surface area contributed by atoms with Crippen LogP contribution in [0.4, 0.5) is 0 Å². The first-order chi connectivity index (χ1) is 13.1. The molecule has 2 N–H and O–H groups in total. The Bertz CT molecular complexity index is 1040. The van der Waals surface area contributed by atoms with E-state index in [1.165, 1.54) is 6.08 Å². The van der Waals surface area contributed by atoms with Gasteiger partial charge in [0.15, 0.2) is 11.6 Å². The number of esters is 1. The summed E-state index contributed by atoms with van der Waals surface area (Å²) >= 11 is 5.80. The van der Waals surface area contributed by atoms with Gasteiger partial charge < -0.3 is 14.8 Å². The Balaban J connectivity index is 1.68. The number of imidazole rings is 1. The number of nitrogens with one attached hydrogen (secondary N) is 1. The van der Waals surface area contributed by atoms with E-state index >= 15 is 0 Å². The summed E-state index contributed by atoms with van der Waals surface area (Å²) in [6.45, 7) is -0.441. The number of ether oxygens (including phenoxy) is 1. The predicted octanol–water partition coefficient (Wildman–Crippen LogP) is 4.27. The fourth-order valence-electron chi connectivity index (χ4n) is 2.32. The van der Waals surface area contributed by atoms with Crippen molar-refractivity contribution >= 4 is 40.3 Å². The molecule has 0 spiro atoms. The smallest absolute Gasteiger partial charge is 0.331 e. The second-order valence-corrected chi connectivity index (χ2v) is 5.97. The van der Waals surface area contributed by atoms with E-state index in [2.05, 4.69) is 9.97 Å². The molecule has 0 unspecified atom stereocenters. The Morgan fingerprint density at radius 2 is 2.00 bits per heavy atom. The molecule has 0 fully saturated rings. The molecule has 0 amide bonds. The number of aliphatic hydroxyl groups is 1. The monoisotopic (exact) mass is 379 g/mol. The Hall–Kier alpha value is -3.56. The number of rotatable bonds is 5. The lowest BCUT2D eigenvalue weighted by molar-refractivity contribution is -0.137. The Morgan fingerprint density at radius 3 is 2.70 bits per heavy atom. The largest absolute Gasteiger partial charge is 0.507 e. The molecule has 1 aromatic heterocycles. The van der Waals surface area contributed by atoms with Crippen molar-refractivity contribution in [2.75, 3.05) is 6.61 Å². The molecule has 27 heavy (non-hydrogen) atoms. The molecule has 0 saturated heterocycles. The van der Waals surface area contributed by atoms with Crippen molar-refractivity contribution in [3.8, 4) is 6.07 Å². The summed E-state index contributed by atoms with van der Waals surface area (Å²) in [6.07, 6.45) is 2.79. The second-order valence-electron chi connectivity index (χ2n) is 5.53. The van der Waals surface area contributed by atoms with Crippen LogP contribution in [0.15, 0.2) is 60.4 Å². The van der Waals surface area contributed by atoms with Gasteiger partial charge in [0.25, 0.3) is 0 Å². The third-order valence-electron chi connectivity index (χ3n) is 3.66. The van der Waals surface area contributed by atoms with Crippen LogP contribution < -0.4 is 0 Å². The molecule has 7 heteroatoms. The molecule has 1 heterocycles. The summed E-state index contributed by atoms with van der Waals surface area (Å²) in [7, 11) is 0. The highest BCUT2D eigenvalue weighted by molar-refractivity contribution is 6.30. The quantitative estimate of drug-likeness (QED) is 0.298. The molecule has 3 rings (SSSR count). The number of fused-ring (bicyclic) bond motifs is 1. The van der Waals surface area contributed by atoms with E-state index < -0.39 is 12.6 Å². The highest BCUT2D eigenvalue weighted by Crippen LogP contribution is 2.18. The van der Waals surface area contributed by atoms with Crippen LogP contribution >= 0.6 is 11.6 Å². The molecule has 2 aromatic carbocycles. The predicted molar refractivity (Wildman–Crippen MR) is 103 cm³/mol. The van der Waals surface area contributed by atoms with Crippen LogP contribution in [0.2, 0.25) is 5.02 Å². The average molecular weight is 380 g/mol. The lowest BCUT2D eigenvalue weighted by atomic mass is 10.2. The van der Waals surface area contributed by atoms with Crippen molar-refractivity contribution in [3.63, 3.8) is 0 Å². The molecule has 6 nitrogen and oxygen atoms in total. The number of benzene rings is 2. The van der Waals surface area contributed by atoms with E-state index in [0.717, 1.165) is 11.1 Å². The van der Waals surface area contributed by atoms with Crippen molar-refractivity contribution < 1.29 is 14.6 Å². The highest BCUT2D eigenvalue weighted by atomic mass is 35.5. The minimum Gasteiger partial charge on any atom is -0.507 e. The molecule has 0 atom stereocenters. The summed E-state index contributed by atoms with van der Waals surface area (Å²) in [4.78, 5) is 19.0. The third kappa shape index (κ3) is 4.54. The maximum absolute atomic E-state index is 11.8. The van der Waals surface area contributed by atoms with Crippen LogP contribution in [0.3, 0.4) is 0 Å². The number of hydrogen-bond acceptors (Lipinski definition) is 5. The maximum atomic E-state index is 11.8. The number of hydrogen-bond donors (Lipinski definition) is 2. The summed E-state index contributed by atoms with van der Waals surface area (Å²) in [6, 6.07) is 16.0. The lowest BCUT2D eigenvalue weighted by Gasteiger charge is -2.03. The van der Waals surface area contributed by atoms with Gasteiger partial charge in [-0.15, -0.1) is 0 Å². The van der Waals surface area contributed by atoms with Gasteiger partial charge in [0.05, 0.1) is 11.0 Å². The number of H-pyrrole nitrogens is 1. The number of aromatic nitrogens is 2. The van der Waals surface area contributed by atoms with Gasteiger partial charge in [-0.2, -0.15) is 5.26 Å². The minimum atomic E-state index is -0.654. The summed E-state index contributed by atoms with van der Waals surface area (Å²) in [5.74, 6) is -0.827. The first-order valence-corrected chi connectivity index (χ1v) is 8.32. The van der Waals surface area contributed by atoms with Gasteiger partial charge in [0.2, 0.25) is 0 Å². The summed E-state index contributed by atoms with van der Waals surface area (Å²) in [5, 5.41) is 20.1. The SMILES string of the molecule is N#C/C(=C(/O)COC(=O)/C=C/c1ccc(Cl)cc1)c1nc2ccccc2[nH]1. The molecule has 0 aliphatic carbocycles. The standard InChI is InChI=1S/C20H14ClN3O3/c21-14-8-5-13(6-9-14)7-10-19(26)27-12-18(25)15(11-22)20-23-16-3-1-2-4-17(16)24-20/h1-10,25H,12H2,(H,23,24)/b10-7+,18-15-. The third-order valence-corrected chi connectivity index (χ3v) is 3.91. The number of halogens is 1. The van der Waals surface area contributed by atoms with Crippen LogP contribution in [-0.4, -0.2) is 27.7 Å². The molecule has 134 valence electrons. The van der Waals surface area contributed by atoms with Gasteiger partial charge in [-0.1, -0.05) is 35.9 Å². The number of allylic oxidation sites excluding steroid dienone is 1. The first-order valence-electron chi connectivity index (χ1n) is 7.94. The van der Waals surface area contributed by atoms with Crippen molar-refractivity contribution in [3.05, 3.63) is 76.8 Å². The average Bonchev–Trinajstić information content (AvgIpc) is 3.10. The topological polar surface area (TPSA) is 99.0 Å². The maximum Gasteiger partial charge on any atom is 0.331 e. The summed E-state index contributed by atoms with van der Waals surface area (Å²) < 4.78 is 4.98. The number of nitrogens with zero attached hydrogens (tertiary/aromatic N) is 2. The van der Waals surface area contributed by atoms with Gasteiger partial charge in [-0.05, 0) is 35.9 Å². The van der Waals surface area contributed by atoms with Crippen molar-refractivity contribution in [1.29, 1.82) is 5.26 Å². The summed E-state index contributed by atoms with van der Waals surface area (Å²) in [5.41, 5.74) is 2.09. The Labute approximate surface area is 160 Å². The van der Waals surface area contributed by atoms with E-state index in [1.807, 2.05) is 18.2 Å². The second kappa shape index (κ2) is 8.21. The van der Waals surface area contributed by atoms with Crippen LogP contribution in [0.5, 0.6) is 0 Å². The van der Waals surface area contributed by atoms with Crippen LogP contribution in [0, 0.1) is 11.3 Å². The van der Waals surface area contributed by atoms with Gasteiger partial charge in [0, 0.05) is 11.1 Å². The Kier molecular flexibility index (Phi) is 5.55. The fraction of sp³-hybridized carbons (Fsp3) is 0.0500. The zero-order chi connectivity index (χ0) is 19.2. The van der Waals surface area contributed by atoms with Gasteiger partial charge in [-0.3, -0.25) is 0 Å². The fourth-order valence-corrected chi connectivity index (χ4v) is 2.45. The molecule has 3 aromatic rings. The number of para-hydroxylation sites is 2. The minimum absolute atomic E-state index is 0.0827. The van der Waals surface area contributed by atoms with Gasteiger partial charge in [-0.25, -0.2) is 9.78 Å². The highest BCUT2D eigenvalue weighted by Gasteiger charge is 2.14. The van der Waals surface area contributed by atoms with Crippen LogP contribution in [-0.2, 0) is 9.53 Å². The van der Waals surface area contributed by atoms with E-state index in [0.29, 0.717) is 10.5 Å². The molecule has 0 radical (unpaired) electrons. The molecule has 0 aliphatic rings. The van der Waals surface area contributed by atoms with Crippen LogP contribution in [0.1, 0.15) is 11.4 Å². The Morgan fingerprint density at radius 1 is 1.26 bits per heavy atom. The number of carbonyl (C=O) groups excluding carboxylic acids is 1. The zero-order valence-corrected chi connectivity index (χ0v) is 14.8. The van der Waals surface area contributed by atoms with Crippen molar-refractivity contribution in [2.45, 2.75) is 0 Å². The molecular weight excluding hydrogens is 366 g/mol. The van der Waals surface area contributed by atoms with Crippen LogP contribution in [0.25, 0.3) is 22.7 Å². The molecule has 0 bridgehead atoms. The molecule has 0 aliphatic heterocycles. The van der Waals surface area contributed by atoms with Gasteiger partial charge >= 0.3 is 5.97 Å². The first kappa shape index (κ1) is 18.2. The van der Waals surface area contributed by atoms with E-state index in [1.54, 1.807) is 42.5 Å². The normalized spacial score (nSPS) is 12.0. The number of aliphatic hydroxyl groups excluding tert-OH is 1. The van der Waals surface area contributed by atoms with E-state index in [9.17, 15) is 15.2 Å². The number of aromatic amines is 1. The van der Waals surface area contributed by atoms with Crippen molar-refractivity contribution in [1.82, 2.24) is 9.97 Å². The molecule has 0 saturated carbocycles. The number of carbonyl (C=O) groups is 1. The molecular formula is C20H14ClN3O3. The van der Waals surface area contributed by atoms with E-state index in [4.69, 9.17) is 16.3 Å².